The first-order chi connectivity index (χ1) is 13.8. The molecule has 1 atom stereocenters. The van der Waals surface area contributed by atoms with E-state index in [-0.39, 0.29) is 22.4 Å². The summed E-state index contributed by atoms with van der Waals surface area (Å²) in [6, 6.07) is 8.54. The molecule has 5 nitrogen and oxygen atoms in total. The van der Waals surface area contributed by atoms with E-state index < -0.39 is 23.2 Å². The zero-order chi connectivity index (χ0) is 20.9. The zero-order valence-corrected chi connectivity index (χ0v) is 16.3. The van der Waals surface area contributed by atoms with Crippen LogP contribution in [0.2, 0.25) is 5.02 Å². The fraction of sp³-hybridized carbons (Fsp3) is 0.143. The van der Waals surface area contributed by atoms with Crippen LogP contribution in [-0.4, -0.2) is 27.8 Å². The van der Waals surface area contributed by atoms with Gasteiger partial charge in [-0.15, -0.1) is 0 Å². The number of carbonyl (C=O) groups is 1. The number of rotatable bonds is 3. The Morgan fingerprint density at radius 1 is 1.10 bits per heavy atom. The third-order valence-corrected chi connectivity index (χ3v) is 5.58. The molecule has 2 aromatic carbocycles. The van der Waals surface area contributed by atoms with Crippen LogP contribution < -0.4 is 5.56 Å². The van der Waals surface area contributed by atoms with E-state index in [0.717, 1.165) is 23.0 Å². The van der Waals surface area contributed by atoms with Crippen LogP contribution in [0.15, 0.2) is 47.4 Å². The van der Waals surface area contributed by atoms with Crippen molar-refractivity contribution in [3.8, 4) is 0 Å². The maximum absolute atomic E-state index is 13.8. The van der Waals surface area contributed by atoms with Crippen molar-refractivity contribution in [3.05, 3.63) is 80.9 Å². The number of pyridine rings is 1. The minimum atomic E-state index is -1.11. The first-order valence-corrected chi connectivity index (χ1v) is 9.21. The third kappa shape index (κ3) is 3.07. The average molecular weight is 416 g/mol. The fourth-order valence-electron chi connectivity index (χ4n) is 3.43. The van der Waals surface area contributed by atoms with Gasteiger partial charge in [0.2, 0.25) is 0 Å². The molecule has 0 radical (unpaired) electrons. The summed E-state index contributed by atoms with van der Waals surface area (Å²) in [5.41, 5.74) is 0.895. The largest absolute Gasteiger partial charge is 0.349 e. The highest BCUT2D eigenvalue weighted by atomic mass is 35.5. The lowest BCUT2D eigenvalue weighted by molar-refractivity contribution is 0.0738. The Morgan fingerprint density at radius 3 is 2.45 bits per heavy atom. The molecule has 4 aromatic rings. The second kappa shape index (κ2) is 7.00. The van der Waals surface area contributed by atoms with Crippen LogP contribution in [-0.2, 0) is 0 Å². The first-order valence-electron chi connectivity index (χ1n) is 8.83. The highest BCUT2D eigenvalue weighted by Gasteiger charge is 2.25. The highest BCUT2D eigenvalue weighted by Crippen LogP contribution is 2.31. The van der Waals surface area contributed by atoms with Crippen molar-refractivity contribution in [1.29, 1.82) is 0 Å². The number of nitrogens with zero attached hydrogens (tertiary/aromatic N) is 1. The van der Waals surface area contributed by atoms with Crippen LogP contribution in [0.4, 0.5) is 8.78 Å². The number of hydrogen-bond acceptors (Lipinski definition) is 2. The van der Waals surface area contributed by atoms with Crippen LogP contribution >= 0.6 is 11.6 Å². The van der Waals surface area contributed by atoms with Crippen LogP contribution in [0.25, 0.3) is 21.7 Å². The maximum Gasteiger partial charge on any atom is 0.272 e. The standard InChI is InChI=1S/C21H16ClF2N3O2/c1-10(14-9-25-20(28)13-8-16(24)15(23)7-12(13)14)27(2)21(29)19-18(22)11-5-3-4-6-17(11)26-19/h3-10,26H,1-2H3,(H,25,28). The van der Waals surface area contributed by atoms with Gasteiger partial charge in [0.1, 0.15) is 5.69 Å². The molecular weight excluding hydrogens is 400 g/mol. The normalized spacial score (nSPS) is 12.4. The van der Waals surface area contributed by atoms with Gasteiger partial charge < -0.3 is 14.9 Å². The topological polar surface area (TPSA) is 69.0 Å². The van der Waals surface area contributed by atoms with E-state index in [1.165, 1.54) is 11.1 Å². The van der Waals surface area contributed by atoms with Crippen LogP contribution in [0.5, 0.6) is 0 Å². The lowest BCUT2D eigenvalue weighted by Gasteiger charge is -2.26. The molecule has 0 aliphatic rings. The molecule has 1 unspecified atom stereocenters. The SMILES string of the molecule is CC(c1c[nH]c(=O)c2cc(F)c(F)cc12)N(C)C(=O)c1[nH]c2ccccc2c1Cl. The molecule has 0 fully saturated rings. The molecule has 0 bridgehead atoms. The molecule has 8 heteroatoms. The Hall–Kier alpha value is -3.19. The first kappa shape index (κ1) is 19.1. The van der Waals surface area contributed by atoms with Crippen molar-refractivity contribution in [2.24, 2.45) is 0 Å². The van der Waals surface area contributed by atoms with Gasteiger partial charge in [-0.05, 0) is 36.1 Å². The molecule has 0 aliphatic heterocycles. The predicted octanol–water partition coefficient (Wildman–Crippen LogP) is 4.77. The van der Waals surface area contributed by atoms with Crippen LogP contribution in [0.1, 0.15) is 29.0 Å². The van der Waals surface area contributed by atoms with Gasteiger partial charge in [0.05, 0.1) is 16.5 Å². The summed E-state index contributed by atoms with van der Waals surface area (Å²) in [4.78, 5) is 32.1. The number of fused-ring (bicyclic) bond motifs is 2. The summed E-state index contributed by atoms with van der Waals surface area (Å²) in [5, 5.41) is 1.29. The summed E-state index contributed by atoms with van der Waals surface area (Å²) >= 11 is 6.38. The van der Waals surface area contributed by atoms with Crippen molar-refractivity contribution in [2.75, 3.05) is 7.05 Å². The van der Waals surface area contributed by atoms with E-state index in [1.54, 1.807) is 20.0 Å². The molecule has 0 spiro atoms. The second-order valence-corrected chi connectivity index (χ2v) is 7.21. The number of hydrogen-bond donors (Lipinski definition) is 2. The number of para-hydroxylation sites is 1. The Balaban J connectivity index is 1.78. The fourth-order valence-corrected chi connectivity index (χ4v) is 3.73. The molecule has 1 amide bonds. The van der Waals surface area contributed by atoms with Crippen molar-refractivity contribution in [1.82, 2.24) is 14.9 Å². The number of carbonyl (C=O) groups excluding carboxylic acids is 1. The third-order valence-electron chi connectivity index (χ3n) is 5.18. The second-order valence-electron chi connectivity index (χ2n) is 6.84. The molecule has 2 heterocycles. The monoisotopic (exact) mass is 415 g/mol. The Labute approximate surface area is 168 Å². The van der Waals surface area contributed by atoms with Crippen molar-refractivity contribution in [2.45, 2.75) is 13.0 Å². The van der Waals surface area contributed by atoms with E-state index in [1.807, 2.05) is 18.2 Å². The van der Waals surface area contributed by atoms with Crippen LogP contribution in [0, 0.1) is 11.6 Å². The van der Waals surface area contributed by atoms with Gasteiger partial charge in [0, 0.05) is 24.1 Å². The maximum atomic E-state index is 13.8. The van der Waals surface area contributed by atoms with Crippen LogP contribution in [0.3, 0.4) is 0 Å². The van der Waals surface area contributed by atoms with Crippen molar-refractivity contribution < 1.29 is 13.6 Å². The van der Waals surface area contributed by atoms with E-state index in [9.17, 15) is 18.4 Å². The molecule has 29 heavy (non-hydrogen) atoms. The number of H-pyrrole nitrogens is 2. The van der Waals surface area contributed by atoms with Gasteiger partial charge in [-0.2, -0.15) is 0 Å². The zero-order valence-electron chi connectivity index (χ0n) is 15.5. The molecule has 0 saturated heterocycles. The summed E-state index contributed by atoms with van der Waals surface area (Å²) in [6.07, 6.45) is 1.41. The summed E-state index contributed by atoms with van der Waals surface area (Å²) in [7, 11) is 1.58. The highest BCUT2D eigenvalue weighted by molar-refractivity contribution is 6.38. The number of halogens is 3. The summed E-state index contributed by atoms with van der Waals surface area (Å²) in [6.45, 7) is 1.73. The molecule has 2 aromatic heterocycles. The van der Waals surface area contributed by atoms with E-state index in [4.69, 9.17) is 11.6 Å². The van der Waals surface area contributed by atoms with Gasteiger partial charge in [-0.25, -0.2) is 8.78 Å². The number of aromatic amines is 2. The Morgan fingerprint density at radius 2 is 1.76 bits per heavy atom. The molecular formula is C21H16ClF2N3O2. The molecule has 148 valence electrons. The lowest BCUT2D eigenvalue weighted by Crippen LogP contribution is -2.30. The molecule has 0 saturated carbocycles. The van der Waals surface area contributed by atoms with E-state index in [2.05, 4.69) is 9.97 Å². The Bertz CT molecular complexity index is 1330. The summed E-state index contributed by atoms with van der Waals surface area (Å²) in [5.74, 6) is -2.55. The number of nitrogens with one attached hydrogen (secondary N) is 2. The minimum absolute atomic E-state index is 0.0118. The predicted molar refractivity (Wildman–Crippen MR) is 108 cm³/mol. The number of aromatic nitrogens is 2. The molecule has 2 N–H and O–H groups in total. The quantitative estimate of drug-likeness (QED) is 0.506. The van der Waals surface area contributed by atoms with Gasteiger partial charge in [0.25, 0.3) is 11.5 Å². The van der Waals surface area contributed by atoms with Gasteiger partial charge >= 0.3 is 0 Å². The van der Waals surface area contributed by atoms with Crippen molar-refractivity contribution in [3.63, 3.8) is 0 Å². The molecule has 0 aliphatic carbocycles. The average Bonchev–Trinajstić information content (AvgIpc) is 3.05. The van der Waals surface area contributed by atoms with Crippen molar-refractivity contribution >= 4 is 39.2 Å². The van der Waals surface area contributed by atoms with Gasteiger partial charge in [0.15, 0.2) is 11.6 Å². The summed E-state index contributed by atoms with van der Waals surface area (Å²) < 4.78 is 27.4. The van der Waals surface area contributed by atoms with E-state index in [0.29, 0.717) is 10.6 Å². The Kier molecular flexibility index (Phi) is 4.62. The number of benzene rings is 2. The number of amides is 1. The lowest BCUT2D eigenvalue weighted by atomic mass is 10.0. The smallest absolute Gasteiger partial charge is 0.272 e. The van der Waals surface area contributed by atoms with Gasteiger partial charge in [-0.1, -0.05) is 29.8 Å². The van der Waals surface area contributed by atoms with Gasteiger partial charge in [-0.3, -0.25) is 9.59 Å². The van der Waals surface area contributed by atoms with E-state index >= 15 is 0 Å². The molecule has 4 rings (SSSR count). The minimum Gasteiger partial charge on any atom is -0.349 e.